The lowest BCUT2D eigenvalue weighted by molar-refractivity contribution is -0.181. The number of carbonyl (C=O) groups excluding carboxylic acids is 4. The summed E-state index contributed by atoms with van der Waals surface area (Å²) in [4.78, 5) is 62.8. The Bertz CT molecular complexity index is 1130. The van der Waals surface area contributed by atoms with Crippen molar-refractivity contribution < 1.29 is 38.9 Å². The second kappa shape index (κ2) is 14.3. The molecule has 0 saturated carbocycles. The van der Waals surface area contributed by atoms with Crippen LogP contribution in [0.3, 0.4) is 0 Å². The molecular weight excluding hydrogens is 548 g/mol. The number of hydrogen-bond donors (Lipinski definition) is 4. The van der Waals surface area contributed by atoms with Gasteiger partial charge < -0.3 is 41.0 Å². The number of carbonyl (C=O) groups is 4. The summed E-state index contributed by atoms with van der Waals surface area (Å²) in [6.07, 6.45) is 1.44. The van der Waals surface area contributed by atoms with Gasteiger partial charge >= 0.3 is 11.9 Å². The van der Waals surface area contributed by atoms with Gasteiger partial charge in [-0.1, -0.05) is 0 Å². The van der Waals surface area contributed by atoms with Gasteiger partial charge in [-0.25, -0.2) is 9.59 Å². The Balaban J connectivity index is 1.47. The molecule has 14 nitrogen and oxygen atoms in total. The van der Waals surface area contributed by atoms with Crippen LogP contribution in [0.15, 0.2) is 49.1 Å². The smallest absolute Gasteiger partial charge is 0.339 e. The molecule has 0 aromatic carbocycles. The molecule has 4 heterocycles. The summed E-state index contributed by atoms with van der Waals surface area (Å²) in [5, 5.41) is 21.2. The number of pyridine rings is 2. The number of rotatable bonds is 11. The maximum absolute atomic E-state index is 13.0. The maximum Gasteiger partial charge on any atom is 0.339 e. The van der Waals surface area contributed by atoms with Crippen LogP contribution in [0.5, 0.6) is 0 Å². The van der Waals surface area contributed by atoms with Gasteiger partial charge in [-0.05, 0) is 61.1 Å². The summed E-state index contributed by atoms with van der Waals surface area (Å²) in [5.74, 6) is -3.73. The van der Waals surface area contributed by atoms with Crippen molar-refractivity contribution in [1.29, 1.82) is 0 Å². The van der Waals surface area contributed by atoms with E-state index in [1.165, 1.54) is 49.1 Å². The molecule has 42 heavy (non-hydrogen) atoms. The quantitative estimate of drug-likeness (QED) is 0.233. The van der Waals surface area contributed by atoms with Gasteiger partial charge in [0, 0.05) is 51.0 Å². The van der Waals surface area contributed by atoms with Crippen LogP contribution in [0.25, 0.3) is 0 Å². The predicted molar refractivity (Wildman–Crippen MR) is 146 cm³/mol. The molecule has 4 rings (SSSR count). The number of nitrogens with two attached hydrogens (primary N) is 2. The molecule has 2 saturated heterocycles. The molecule has 0 aliphatic carbocycles. The number of amides is 2. The van der Waals surface area contributed by atoms with E-state index in [4.69, 9.17) is 20.9 Å². The molecule has 2 unspecified atom stereocenters. The fourth-order valence-corrected chi connectivity index (χ4v) is 5.01. The van der Waals surface area contributed by atoms with Gasteiger partial charge in [0.15, 0.2) is 24.4 Å². The summed E-state index contributed by atoms with van der Waals surface area (Å²) in [5.41, 5.74) is 13.1. The highest BCUT2D eigenvalue weighted by Crippen LogP contribution is 2.26. The molecule has 2 aromatic rings. The van der Waals surface area contributed by atoms with Gasteiger partial charge in [0.05, 0.1) is 0 Å². The third-order valence-corrected chi connectivity index (χ3v) is 7.40. The minimum absolute atomic E-state index is 0.326. The van der Waals surface area contributed by atoms with E-state index in [2.05, 4.69) is 9.97 Å². The minimum Gasteiger partial charge on any atom is -0.453 e. The van der Waals surface area contributed by atoms with E-state index < -0.39 is 60.3 Å². The van der Waals surface area contributed by atoms with Gasteiger partial charge in [0.1, 0.15) is 12.1 Å². The van der Waals surface area contributed by atoms with Crippen LogP contribution in [0.2, 0.25) is 0 Å². The normalized spacial score (nSPS) is 19.3. The van der Waals surface area contributed by atoms with Crippen molar-refractivity contribution in [1.82, 2.24) is 19.8 Å². The first-order valence-corrected chi connectivity index (χ1v) is 13.8. The third kappa shape index (κ3) is 7.26. The maximum atomic E-state index is 13.0. The van der Waals surface area contributed by atoms with Crippen LogP contribution >= 0.6 is 0 Å². The number of aliphatic hydroxyl groups excluding tert-OH is 2. The monoisotopic (exact) mass is 584 g/mol. The zero-order chi connectivity index (χ0) is 30.2. The summed E-state index contributed by atoms with van der Waals surface area (Å²) in [7, 11) is 0. The van der Waals surface area contributed by atoms with Gasteiger partial charge in [-0.2, -0.15) is 0 Å². The van der Waals surface area contributed by atoms with E-state index in [0.717, 1.165) is 25.7 Å². The first-order valence-electron chi connectivity index (χ1n) is 13.8. The SMILES string of the molecule is N[C@@H](C(=O)N1CCCC1)[C@@H](OC(=O)C(O)C(O)C(=O)O[C@@H](c1ccncc1)[C@@H](N)C(=O)N1CCCC1)c1ccncc1. The first kappa shape index (κ1) is 31.0. The van der Waals surface area contributed by atoms with E-state index in [-0.39, 0.29) is 0 Å². The van der Waals surface area contributed by atoms with Gasteiger partial charge in [-0.15, -0.1) is 0 Å². The molecule has 0 bridgehead atoms. The average Bonchev–Trinajstić information content (AvgIpc) is 3.76. The average molecular weight is 585 g/mol. The molecule has 2 aromatic heterocycles. The number of esters is 2. The summed E-state index contributed by atoms with van der Waals surface area (Å²) in [6, 6.07) is 3.32. The second-order valence-electron chi connectivity index (χ2n) is 10.3. The van der Waals surface area contributed by atoms with Crippen molar-refractivity contribution in [2.75, 3.05) is 26.2 Å². The Hall–Kier alpha value is -3.98. The number of aliphatic hydroxyl groups is 2. The molecule has 226 valence electrons. The lowest BCUT2D eigenvalue weighted by Gasteiger charge is -2.29. The molecule has 2 aliphatic rings. The molecule has 14 heteroatoms. The lowest BCUT2D eigenvalue weighted by atomic mass is 10.0. The fraction of sp³-hybridized carbons (Fsp3) is 0.500. The topological polar surface area (TPSA) is 212 Å². The highest BCUT2D eigenvalue weighted by atomic mass is 16.6. The summed E-state index contributed by atoms with van der Waals surface area (Å²) < 4.78 is 10.8. The Morgan fingerprint density at radius 3 is 1.26 bits per heavy atom. The van der Waals surface area contributed by atoms with Crippen LogP contribution in [-0.4, -0.2) is 104 Å². The number of nitrogens with zero attached hydrogens (tertiary/aromatic N) is 4. The molecule has 6 atom stereocenters. The zero-order valence-corrected chi connectivity index (χ0v) is 23.0. The third-order valence-electron chi connectivity index (χ3n) is 7.40. The Morgan fingerprint density at radius 2 is 0.952 bits per heavy atom. The van der Waals surface area contributed by atoms with E-state index in [1.807, 2.05) is 0 Å². The van der Waals surface area contributed by atoms with E-state index >= 15 is 0 Å². The zero-order valence-electron chi connectivity index (χ0n) is 23.0. The Labute approximate surface area is 242 Å². The molecule has 2 amide bonds. The standard InChI is InChI=1S/C28H36N6O8/c29-19(25(37)33-13-1-2-14-33)23(17-5-9-31-10-6-17)41-27(39)21(35)22(36)28(40)42-24(18-7-11-32-12-8-18)20(30)26(38)34-15-3-4-16-34/h5-12,19-24,35-36H,1-4,13-16,29-30H2/t19-,20-,21?,22?,23+,24+/m1/s1. The number of hydrogen-bond acceptors (Lipinski definition) is 12. The minimum atomic E-state index is -2.40. The first-order chi connectivity index (χ1) is 20.2. The summed E-state index contributed by atoms with van der Waals surface area (Å²) in [6.45, 7) is 2.05. The molecule has 0 radical (unpaired) electrons. The lowest BCUT2D eigenvalue weighted by Crippen LogP contribution is -2.50. The summed E-state index contributed by atoms with van der Waals surface area (Å²) >= 11 is 0. The Kier molecular flexibility index (Phi) is 10.5. The van der Waals surface area contributed by atoms with Crippen molar-refractivity contribution in [3.05, 3.63) is 60.2 Å². The molecule has 2 fully saturated rings. The van der Waals surface area contributed by atoms with Crippen molar-refractivity contribution in [3.8, 4) is 0 Å². The molecular formula is C28H36N6O8. The van der Waals surface area contributed by atoms with E-state index in [0.29, 0.717) is 37.3 Å². The fourth-order valence-electron chi connectivity index (χ4n) is 5.01. The van der Waals surface area contributed by atoms with Gasteiger partial charge in [0.25, 0.3) is 0 Å². The Morgan fingerprint density at radius 1 is 0.643 bits per heavy atom. The second-order valence-corrected chi connectivity index (χ2v) is 10.3. The molecule has 0 spiro atoms. The van der Waals surface area contributed by atoms with Crippen molar-refractivity contribution >= 4 is 23.8 Å². The largest absolute Gasteiger partial charge is 0.453 e. The van der Waals surface area contributed by atoms with Gasteiger partial charge in [-0.3, -0.25) is 19.6 Å². The number of likely N-dealkylation sites (tertiary alicyclic amines) is 2. The van der Waals surface area contributed by atoms with E-state index in [1.54, 1.807) is 9.80 Å². The predicted octanol–water partition coefficient (Wildman–Crippen LogP) is -1.03. The van der Waals surface area contributed by atoms with Crippen LogP contribution in [0, 0.1) is 0 Å². The van der Waals surface area contributed by atoms with Crippen LogP contribution in [-0.2, 0) is 28.7 Å². The van der Waals surface area contributed by atoms with Crippen molar-refractivity contribution in [2.24, 2.45) is 11.5 Å². The van der Waals surface area contributed by atoms with Crippen molar-refractivity contribution in [3.63, 3.8) is 0 Å². The highest BCUT2D eigenvalue weighted by molar-refractivity contribution is 5.87. The number of ether oxygens (including phenoxy) is 2. The van der Waals surface area contributed by atoms with Crippen LogP contribution in [0.4, 0.5) is 0 Å². The molecule has 2 aliphatic heterocycles. The van der Waals surface area contributed by atoms with Crippen LogP contribution in [0.1, 0.15) is 49.0 Å². The number of aromatic nitrogens is 2. The van der Waals surface area contributed by atoms with Gasteiger partial charge in [0.2, 0.25) is 11.8 Å². The highest BCUT2D eigenvalue weighted by Gasteiger charge is 2.41. The van der Waals surface area contributed by atoms with E-state index in [9.17, 15) is 29.4 Å². The van der Waals surface area contributed by atoms with Crippen LogP contribution < -0.4 is 11.5 Å². The van der Waals surface area contributed by atoms with Crippen molar-refractivity contribution in [2.45, 2.75) is 62.2 Å². The molecule has 6 N–H and O–H groups in total.